The van der Waals surface area contributed by atoms with Crippen molar-refractivity contribution < 1.29 is 4.79 Å². The molecule has 0 saturated carbocycles. The summed E-state index contributed by atoms with van der Waals surface area (Å²) in [6.45, 7) is 4.57. The van der Waals surface area contributed by atoms with Crippen LogP contribution in [0.2, 0.25) is 0 Å². The fourth-order valence-electron chi connectivity index (χ4n) is 3.13. The van der Waals surface area contributed by atoms with Crippen LogP contribution < -0.4 is 16.2 Å². The van der Waals surface area contributed by atoms with Crippen molar-refractivity contribution in [3.63, 3.8) is 0 Å². The molecule has 0 spiro atoms. The number of thioether (sulfide) groups is 1. The van der Waals surface area contributed by atoms with Gasteiger partial charge in [0.05, 0.1) is 11.1 Å². The zero-order valence-corrected chi connectivity index (χ0v) is 16.8. The van der Waals surface area contributed by atoms with E-state index in [1.165, 1.54) is 10.4 Å². The van der Waals surface area contributed by atoms with E-state index < -0.39 is 0 Å². The Kier molecular flexibility index (Phi) is 7.10. The van der Waals surface area contributed by atoms with Crippen LogP contribution in [0.3, 0.4) is 0 Å². The van der Waals surface area contributed by atoms with Gasteiger partial charge < -0.3 is 15.6 Å². The van der Waals surface area contributed by atoms with Gasteiger partial charge in [0, 0.05) is 30.1 Å². The van der Waals surface area contributed by atoms with E-state index in [1.807, 2.05) is 0 Å². The number of carbonyl (C=O) groups excluding carboxylic acids is 1. The molecule has 0 fully saturated rings. The lowest BCUT2D eigenvalue weighted by molar-refractivity contribution is -0.120. The Morgan fingerprint density at radius 1 is 1.31 bits per heavy atom. The normalized spacial score (nSPS) is 13.3. The van der Waals surface area contributed by atoms with Crippen molar-refractivity contribution in [2.45, 2.75) is 44.8 Å². The number of hydrogen-bond donors (Lipinski definition) is 3. The van der Waals surface area contributed by atoms with Crippen molar-refractivity contribution in [2.75, 3.05) is 25.4 Å². The van der Waals surface area contributed by atoms with Gasteiger partial charge in [0.25, 0.3) is 5.56 Å². The number of aromatic nitrogens is 2. The number of hydrogen-bond acceptors (Lipinski definition) is 6. The van der Waals surface area contributed by atoms with Crippen LogP contribution in [0.15, 0.2) is 4.79 Å². The summed E-state index contributed by atoms with van der Waals surface area (Å²) >= 11 is 3.29. The zero-order valence-electron chi connectivity index (χ0n) is 15.2. The Balaban J connectivity index is 1.43. The molecule has 0 aliphatic heterocycles. The van der Waals surface area contributed by atoms with Crippen LogP contribution in [-0.4, -0.2) is 41.3 Å². The highest BCUT2D eigenvalue weighted by Gasteiger charge is 2.20. The number of carbonyl (C=O) groups is 1. The topological polar surface area (TPSA) is 86.9 Å². The van der Waals surface area contributed by atoms with Crippen molar-refractivity contribution in [2.24, 2.45) is 0 Å². The Morgan fingerprint density at radius 2 is 2.19 bits per heavy atom. The van der Waals surface area contributed by atoms with Crippen molar-refractivity contribution in [1.82, 2.24) is 20.6 Å². The van der Waals surface area contributed by atoms with Gasteiger partial charge in [0.1, 0.15) is 10.7 Å². The van der Waals surface area contributed by atoms with E-state index in [4.69, 9.17) is 0 Å². The van der Waals surface area contributed by atoms with Gasteiger partial charge in [-0.15, -0.1) is 11.3 Å². The molecule has 8 heteroatoms. The van der Waals surface area contributed by atoms with Crippen LogP contribution in [0.25, 0.3) is 10.2 Å². The molecule has 0 unspecified atom stereocenters. The highest BCUT2D eigenvalue weighted by molar-refractivity contribution is 7.98. The van der Waals surface area contributed by atoms with E-state index in [0.717, 1.165) is 54.7 Å². The molecule has 2 heterocycles. The molecule has 6 nitrogen and oxygen atoms in total. The molecule has 1 aliphatic carbocycles. The number of amides is 1. The lowest BCUT2D eigenvalue weighted by Gasteiger charge is -2.06. The number of fused-ring (bicyclic) bond motifs is 3. The smallest absolute Gasteiger partial charge is 0.259 e. The molecule has 0 bridgehead atoms. The van der Waals surface area contributed by atoms with Gasteiger partial charge in [-0.05, 0) is 37.8 Å². The molecule has 2 aromatic rings. The van der Waals surface area contributed by atoms with Crippen LogP contribution in [0, 0.1) is 0 Å². The third-order valence-electron chi connectivity index (χ3n) is 4.39. The van der Waals surface area contributed by atoms with Gasteiger partial charge in [-0.1, -0.05) is 6.92 Å². The summed E-state index contributed by atoms with van der Waals surface area (Å²) in [6.07, 6.45) is 4.80. The molecule has 0 aromatic carbocycles. The first-order valence-corrected chi connectivity index (χ1v) is 11.2. The standard InChI is InChI=1S/C18H26N4O2S2/c1-2-7-19-8-9-20-15(23)6-10-25-11-14-21-17(24)16-12-4-3-5-13(12)26-18(16)22-14/h19H,2-11H2,1H3,(H,20,23)(H,21,22,24). The fourth-order valence-corrected chi connectivity index (χ4v) is 5.21. The molecule has 0 saturated heterocycles. The SMILES string of the molecule is CCCNCCNC(=O)CCSCc1nc2sc3c(c2c(=O)[nH]1)CCC3. The quantitative estimate of drug-likeness (QED) is 0.538. The van der Waals surface area contributed by atoms with Crippen LogP contribution in [0.4, 0.5) is 0 Å². The van der Waals surface area contributed by atoms with E-state index in [-0.39, 0.29) is 11.5 Å². The highest BCUT2D eigenvalue weighted by atomic mass is 32.2. The van der Waals surface area contributed by atoms with Gasteiger partial charge in [-0.2, -0.15) is 11.8 Å². The van der Waals surface area contributed by atoms with Crippen LogP contribution >= 0.6 is 23.1 Å². The van der Waals surface area contributed by atoms with Gasteiger partial charge in [0.2, 0.25) is 5.91 Å². The molecular weight excluding hydrogens is 368 g/mol. The van der Waals surface area contributed by atoms with Crippen LogP contribution in [0.5, 0.6) is 0 Å². The molecule has 26 heavy (non-hydrogen) atoms. The number of aryl methyl sites for hydroxylation is 2. The lowest BCUT2D eigenvalue weighted by atomic mass is 10.2. The maximum Gasteiger partial charge on any atom is 0.259 e. The van der Waals surface area contributed by atoms with E-state index in [9.17, 15) is 9.59 Å². The summed E-state index contributed by atoms with van der Waals surface area (Å²) in [5, 5.41) is 6.96. The molecule has 2 aromatic heterocycles. The minimum absolute atomic E-state index is 0.0117. The Bertz CT molecular complexity index is 815. The zero-order chi connectivity index (χ0) is 18.4. The molecule has 1 amide bonds. The summed E-state index contributed by atoms with van der Waals surface area (Å²) in [4.78, 5) is 33.9. The van der Waals surface area contributed by atoms with Gasteiger partial charge in [-0.3, -0.25) is 9.59 Å². The number of aromatic amines is 1. The van der Waals surface area contributed by atoms with Gasteiger partial charge in [-0.25, -0.2) is 4.98 Å². The Labute approximate surface area is 161 Å². The monoisotopic (exact) mass is 394 g/mol. The summed E-state index contributed by atoms with van der Waals surface area (Å²) in [5.74, 6) is 2.12. The van der Waals surface area contributed by atoms with Crippen LogP contribution in [0.1, 0.15) is 42.5 Å². The van der Waals surface area contributed by atoms with Crippen molar-refractivity contribution in [3.05, 3.63) is 26.6 Å². The third-order valence-corrected chi connectivity index (χ3v) is 6.54. The molecule has 0 radical (unpaired) electrons. The third kappa shape index (κ3) is 4.86. The van der Waals surface area contributed by atoms with Gasteiger partial charge in [0.15, 0.2) is 0 Å². The summed E-state index contributed by atoms with van der Waals surface area (Å²) in [5.41, 5.74) is 1.20. The van der Waals surface area contributed by atoms with Gasteiger partial charge >= 0.3 is 0 Å². The Morgan fingerprint density at radius 3 is 3.04 bits per heavy atom. The van der Waals surface area contributed by atoms with E-state index in [1.54, 1.807) is 23.1 Å². The molecule has 3 N–H and O–H groups in total. The number of nitrogens with one attached hydrogen (secondary N) is 3. The maximum atomic E-state index is 12.4. The largest absolute Gasteiger partial charge is 0.355 e. The number of nitrogens with zero attached hydrogens (tertiary/aromatic N) is 1. The average Bonchev–Trinajstić information content (AvgIpc) is 3.19. The van der Waals surface area contributed by atoms with Crippen molar-refractivity contribution in [1.29, 1.82) is 0 Å². The number of rotatable bonds is 10. The molecule has 142 valence electrons. The second-order valence-electron chi connectivity index (χ2n) is 6.45. The first-order valence-electron chi connectivity index (χ1n) is 9.27. The first-order chi connectivity index (χ1) is 12.7. The summed E-state index contributed by atoms with van der Waals surface area (Å²) < 4.78 is 0. The lowest BCUT2D eigenvalue weighted by Crippen LogP contribution is -2.32. The summed E-state index contributed by atoms with van der Waals surface area (Å²) in [7, 11) is 0. The molecule has 1 aliphatic rings. The number of thiophene rings is 1. The van der Waals surface area contributed by atoms with E-state index in [0.29, 0.717) is 24.5 Å². The second-order valence-corrected chi connectivity index (χ2v) is 8.64. The average molecular weight is 395 g/mol. The Hall–Kier alpha value is -1.38. The van der Waals surface area contributed by atoms with Crippen LogP contribution in [-0.2, 0) is 23.4 Å². The summed E-state index contributed by atoms with van der Waals surface area (Å²) in [6, 6.07) is 0. The van der Waals surface area contributed by atoms with Crippen molar-refractivity contribution >= 4 is 39.2 Å². The first kappa shape index (κ1) is 19.4. The van der Waals surface area contributed by atoms with Crippen molar-refractivity contribution in [3.8, 4) is 0 Å². The van der Waals surface area contributed by atoms with E-state index >= 15 is 0 Å². The minimum Gasteiger partial charge on any atom is -0.355 e. The maximum absolute atomic E-state index is 12.4. The molecule has 3 rings (SSSR count). The predicted molar refractivity (Wildman–Crippen MR) is 109 cm³/mol. The second kappa shape index (κ2) is 9.53. The molecular formula is C18H26N4O2S2. The fraction of sp³-hybridized carbons (Fsp3) is 0.611. The predicted octanol–water partition coefficient (Wildman–Crippen LogP) is 2.21. The molecule has 0 atom stereocenters. The highest BCUT2D eigenvalue weighted by Crippen LogP contribution is 2.34. The number of H-pyrrole nitrogens is 1. The van der Waals surface area contributed by atoms with E-state index in [2.05, 4.69) is 27.5 Å². The minimum atomic E-state index is -0.0117.